The number of likely N-dealkylation sites (tertiary alicyclic amines) is 1. The van der Waals surface area contributed by atoms with Gasteiger partial charge in [0.15, 0.2) is 5.60 Å². The van der Waals surface area contributed by atoms with Crippen LogP contribution in [0.4, 0.5) is 0 Å². The van der Waals surface area contributed by atoms with Crippen LogP contribution >= 0.6 is 0 Å². The molecule has 1 fully saturated rings. The van der Waals surface area contributed by atoms with Crippen molar-refractivity contribution in [1.82, 2.24) is 4.90 Å². The normalized spacial score (nSPS) is 32.7. The lowest BCUT2D eigenvalue weighted by atomic mass is 9.67. The summed E-state index contributed by atoms with van der Waals surface area (Å²) >= 11 is 0. The number of carbonyl (C=O) groups excluding carboxylic acids is 1. The SMILES string of the molecule is COCC[C@H]1C=C(C)C[C@H]2[C@H](Cc3ccccc3)N(C)C(=O)[C@@]12O. The van der Waals surface area contributed by atoms with E-state index in [1.54, 1.807) is 12.0 Å². The molecule has 4 nitrogen and oxygen atoms in total. The highest BCUT2D eigenvalue weighted by atomic mass is 16.5. The van der Waals surface area contributed by atoms with E-state index in [0.717, 1.165) is 12.8 Å². The zero-order valence-corrected chi connectivity index (χ0v) is 14.7. The standard InChI is InChI=1S/C20H27NO3/c1-14-11-16(9-10-24-3)20(23)17(12-14)18(21(2)19(20)22)13-15-7-5-4-6-8-15/h4-8,11,16-18,23H,9-10,12-13H2,1-3H3/t16-,17-,18-,20+/m0/s1. The van der Waals surface area contributed by atoms with Crippen LogP contribution in [0.15, 0.2) is 42.0 Å². The number of likely N-dealkylation sites (N-methyl/N-ethyl adjacent to an activating group) is 1. The smallest absolute Gasteiger partial charge is 0.255 e. The molecule has 1 aromatic rings. The molecule has 0 radical (unpaired) electrons. The van der Waals surface area contributed by atoms with Crippen LogP contribution in [0.25, 0.3) is 0 Å². The third kappa shape index (κ3) is 2.78. The number of benzene rings is 1. The molecule has 2 aliphatic rings. The summed E-state index contributed by atoms with van der Waals surface area (Å²) in [6, 6.07) is 10.2. The van der Waals surface area contributed by atoms with Gasteiger partial charge in [0.05, 0.1) is 0 Å². The van der Waals surface area contributed by atoms with Gasteiger partial charge in [-0.2, -0.15) is 0 Å². The molecule has 1 aliphatic carbocycles. The number of hydrogen-bond acceptors (Lipinski definition) is 3. The molecule has 130 valence electrons. The van der Waals surface area contributed by atoms with Gasteiger partial charge in [-0.25, -0.2) is 0 Å². The van der Waals surface area contributed by atoms with Gasteiger partial charge in [-0.3, -0.25) is 4.79 Å². The fraction of sp³-hybridized carbons (Fsp3) is 0.550. The molecule has 0 unspecified atom stereocenters. The van der Waals surface area contributed by atoms with E-state index >= 15 is 0 Å². The van der Waals surface area contributed by atoms with Gasteiger partial charge in [-0.15, -0.1) is 0 Å². The highest BCUT2D eigenvalue weighted by Crippen LogP contribution is 2.48. The van der Waals surface area contributed by atoms with Gasteiger partial charge < -0.3 is 14.7 Å². The van der Waals surface area contributed by atoms with Crippen molar-refractivity contribution in [3.8, 4) is 0 Å². The zero-order valence-electron chi connectivity index (χ0n) is 14.7. The molecule has 24 heavy (non-hydrogen) atoms. The summed E-state index contributed by atoms with van der Waals surface area (Å²) in [6.07, 6.45) is 4.29. The van der Waals surface area contributed by atoms with Gasteiger partial charge in [-0.05, 0) is 31.7 Å². The minimum absolute atomic E-state index is 0.0265. The summed E-state index contributed by atoms with van der Waals surface area (Å²) in [5.74, 6) is -0.382. The molecule has 1 aromatic carbocycles. The Bertz CT molecular complexity index is 627. The Labute approximate surface area is 144 Å². The summed E-state index contributed by atoms with van der Waals surface area (Å²) < 4.78 is 5.19. The topological polar surface area (TPSA) is 49.8 Å². The van der Waals surface area contributed by atoms with Crippen LogP contribution in [0.2, 0.25) is 0 Å². The fourth-order valence-corrected chi connectivity index (χ4v) is 4.45. The highest BCUT2D eigenvalue weighted by molar-refractivity contribution is 5.89. The van der Waals surface area contributed by atoms with Crippen molar-refractivity contribution in [2.24, 2.45) is 11.8 Å². The molecular formula is C20H27NO3. The van der Waals surface area contributed by atoms with Gasteiger partial charge >= 0.3 is 0 Å². The predicted molar refractivity (Wildman–Crippen MR) is 93.5 cm³/mol. The highest BCUT2D eigenvalue weighted by Gasteiger charge is 2.61. The Kier molecular flexibility index (Phi) is 4.79. The predicted octanol–water partition coefficient (Wildman–Crippen LogP) is 2.42. The Hall–Kier alpha value is -1.65. The van der Waals surface area contributed by atoms with Gasteiger partial charge in [0, 0.05) is 38.6 Å². The van der Waals surface area contributed by atoms with Crippen LogP contribution in [-0.2, 0) is 16.0 Å². The molecule has 1 amide bonds. The lowest BCUT2D eigenvalue weighted by Crippen LogP contribution is -2.51. The first kappa shape index (κ1) is 17.2. The molecule has 3 rings (SSSR count). The van der Waals surface area contributed by atoms with Crippen molar-refractivity contribution in [3.63, 3.8) is 0 Å². The Morgan fingerprint density at radius 1 is 1.33 bits per heavy atom. The number of nitrogens with zero attached hydrogens (tertiary/aromatic N) is 1. The second-order valence-corrected chi connectivity index (χ2v) is 7.21. The van der Waals surface area contributed by atoms with E-state index in [9.17, 15) is 9.90 Å². The molecular weight excluding hydrogens is 302 g/mol. The van der Waals surface area contributed by atoms with Crippen molar-refractivity contribution < 1.29 is 14.6 Å². The van der Waals surface area contributed by atoms with Gasteiger partial charge in [-0.1, -0.05) is 42.0 Å². The van der Waals surface area contributed by atoms with E-state index in [2.05, 4.69) is 25.1 Å². The number of hydrogen-bond donors (Lipinski definition) is 1. The molecule has 1 aliphatic heterocycles. The number of rotatable bonds is 5. The lowest BCUT2D eigenvalue weighted by Gasteiger charge is -2.39. The van der Waals surface area contributed by atoms with Crippen LogP contribution in [0.3, 0.4) is 0 Å². The largest absolute Gasteiger partial charge is 0.385 e. The minimum Gasteiger partial charge on any atom is -0.385 e. The van der Waals surface area contributed by atoms with Crippen molar-refractivity contribution in [2.45, 2.75) is 37.8 Å². The quantitative estimate of drug-likeness (QED) is 0.844. The zero-order chi connectivity index (χ0) is 17.3. The third-order valence-electron chi connectivity index (χ3n) is 5.70. The van der Waals surface area contributed by atoms with Crippen molar-refractivity contribution in [1.29, 1.82) is 0 Å². The summed E-state index contributed by atoms with van der Waals surface area (Å²) in [7, 11) is 3.48. The van der Waals surface area contributed by atoms with Gasteiger partial charge in [0.1, 0.15) is 0 Å². The maximum atomic E-state index is 12.9. The van der Waals surface area contributed by atoms with Gasteiger partial charge in [0.25, 0.3) is 5.91 Å². The molecule has 4 atom stereocenters. The number of fused-ring (bicyclic) bond motifs is 1. The minimum atomic E-state index is -1.30. The second kappa shape index (κ2) is 6.69. The van der Waals surface area contributed by atoms with Crippen LogP contribution in [0.5, 0.6) is 0 Å². The molecule has 0 bridgehead atoms. The maximum Gasteiger partial charge on any atom is 0.255 e. The molecule has 1 heterocycles. The monoisotopic (exact) mass is 329 g/mol. The van der Waals surface area contributed by atoms with E-state index in [1.807, 2.05) is 25.2 Å². The number of allylic oxidation sites excluding steroid dienone is 1. The third-order valence-corrected chi connectivity index (χ3v) is 5.70. The molecule has 0 saturated carbocycles. The summed E-state index contributed by atoms with van der Waals surface area (Å²) in [5.41, 5.74) is 1.16. The van der Waals surface area contributed by atoms with E-state index in [-0.39, 0.29) is 23.8 Å². The second-order valence-electron chi connectivity index (χ2n) is 7.21. The molecule has 0 spiro atoms. The Morgan fingerprint density at radius 2 is 2.04 bits per heavy atom. The first-order chi connectivity index (χ1) is 11.5. The summed E-state index contributed by atoms with van der Waals surface area (Å²) in [6.45, 7) is 2.64. The molecule has 1 saturated heterocycles. The lowest BCUT2D eigenvalue weighted by molar-refractivity contribution is -0.150. The molecule has 4 heteroatoms. The Balaban J connectivity index is 1.91. The van der Waals surface area contributed by atoms with E-state index in [0.29, 0.717) is 13.0 Å². The average molecular weight is 329 g/mol. The van der Waals surface area contributed by atoms with Crippen LogP contribution in [0.1, 0.15) is 25.3 Å². The number of aliphatic hydroxyl groups is 1. The van der Waals surface area contributed by atoms with E-state index in [4.69, 9.17) is 4.74 Å². The van der Waals surface area contributed by atoms with Crippen molar-refractivity contribution in [2.75, 3.05) is 20.8 Å². The number of ether oxygens (including phenoxy) is 1. The van der Waals surface area contributed by atoms with Crippen molar-refractivity contribution in [3.05, 3.63) is 47.5 Å². The number of carbonyl (C=O) groups is 1. The van der Waals surface area contributed by atoms with Gasteiger partial charge in [0.2, 0.25) is 0 Å². The maximum absolute atomic E-state index is 12.9. The molecule has 0 aromatic heterocycles. The summed E-state index contributed by atoms with van der Waals surface area (Å²) in [5, 5.41) is 11.4. The van der Waals surface area contributed by atoms with E-state index < -0.39 is 5.60 Å². The van der Waals surface area contributed by atoms with Crippen LogP contribution in [-0.4, -0.2) is 48.3 Å². The first-order valence-electron chi connectivity index (χ1n) is 8.68. The number of methoxy groups -OCH3 is 1. The average Bonchev–Trinajstić information content (AvgIpc) is 2.76. The van der Waals surface area contributed by atoms with Crippen LogP contribution < -0.4 is 0 Å². The summed E-state index contributed by atoms with van der Waals surface area (Å²) in [4.78, 5) is 14.7. The van der Waals surface area contributed by atoms with Crippen LogP contribution in [0, 0.1) is 11.8 Å². The number of amides is 1. The first-order valence-corrected chi connectivity index (χ1v) is 8.68. The fourth-order valence-electron chi connectivity index (χ4n) is 4.45. The van der Waals surface area contributed by atoms with E-state index in [1.165, 1.54) is 11.1 Å². The van der Waals surface area contributed by atoms with Crippen molar-refractivity contribution >= 4 is 5.91 Å². The molecule has 1 N–H and O–H groups in total. The Morgan fingerprint density at radius 3 is 2.71 bits per heavy atom.